The van der Waals surface area contributed by atoms with E-state index in [4.69, 9.17) is 15.7 Å². The topological polar surface area (TPSA) is 59.0 Å². The first-order chi connectivity index (χ1) is 9.49. The SMILES string of the molecule is Cc1cc(C)cc(COc2c(N)cc(C#N)cc2I)c1. The van der Waals surface area contributed by atoms with Gasteiger partial charge in [-0.2, -0.15) is 5.26 Å². The van der Waals surface area contributed by atoms with Crippen LogP contribution >= 0.6 is 22.6 Å². The molecule has 102 valence electrons. The Balaban J connectivity index is 2.21. The standard InChI is InChI=1S/C16H15IN2O/c1-10-3-11(2)5-13(4-10)9-20-16-14(17)6-12(8-18)7-15(16)19/h3-7H,9,19H2,1-2H3. The van der Waals surface area contributed by atoms with Gasteiger partial charge in [-0.05, 0) is 54.1 Å². The average molecular weight is 378 g/mol. The first-order valence-corrected chi connectivity index (χ1v) is 7.26. The molecule has 0 aliphatic heterocycles. The highest BCUT2D eigenvalue weighted by Gasteiger charge is 2.09. The zero-order valence-corrected chi connectivity index (χ0v) is 13.6. The summed E-state index contributed by atoms with van der Waals surface area (Å²) < 4.78 is 6.67. The van der Waals surface area contributed by atoms with Crippen LogP contribution in [0.4, 0.5) is 5.69 Å². The molecular weight excluding hydrogens is 363 g/mol. The lowest BCUT2D eigenvalue weighted by Crippen LogP contribution is -2.02. The van der Waals surface area contributed by atoms with Crippen LogP contribution in [0.1, 0.15) is 22.3 Å². The fourth-order valence-electron chi connectivity index (χ4n) is 2.14. The average Bonchev–Trinajstić information content (AvgIpc) is 2.36. The third kappa shape index (κ3) is 3.42. The van der Waals surface area contributed by atoms with Gasteiger partial charge in [0.05, 0.1) is 20.9 Å². The third-order valence-corrected chi connectivity index (χ3v) is 3.67. The van der Waals surface area contributed by atoms with Gasteiger partial charge in [-0.25, -0.2) is 0 Å². The first-order valence-electron chi connectivity index (χ1n) is 6.18. The molecule has 0 saturated heterocycles. The molecule has 4 heteroatoms. The summed E-state index contributed by atoms with van der Waals surface area (Å²) in [6.07, 6.45) is 0. The number of halogens is 1. The molecule has 0 fully saturated rings. The van der Waals surface area contributed by atoms with Gasteiger partial charge in [-0.15, -0.1) is 0 Å². The Hall–Kier alpha value is -1.74. The number of hydrogen-bond acceptors (Lipinski definition) is 3. The second-order valence-corrected chi connectivity index (χ2v) is 5.94. The third-order valence-electron chi connectivity index (χ3n) is 2.87. The fraction of sp³-hybridized carbons (Fsp3) is 0.188. The van der Waals surface area contributed by atoms with E-state index in [-0.39, 0.29) is 0 Å². The van der Waals surface area contributed by atoms with E-state index in [0.717, 1.165) is 9.13 Å². The summed E-state index contributed by atoms with van der Waals surface area (Å²) in [5, 5.41) is 8.90. The Labute approximate surface area is 132 Å². The van der Waals surface area contributed by atoms with Gasteiger partial charge in [0.1, 0.15) is 6.61 Å². The van der Waals surface area contributed by atoms with Crippen molar-refractivity contribution in [1.82, 2.24) is 0 Å². The number of benzene rings is 2. The van der Waals surface area contributed by atoms with Gasteiger partial charge in [0, 0.05) is 0 Å². The Bertz CT molecular complexity index is 646. The molecule has 3 nitrogen and oxygen atoms in total. The molecule has 0 saturated carbocycles. The van der Waals surface area contributed by atoms with Crippen LogP contribution in [-0.4, -0.2) is 0 Å². The highest BCUT2D eigenvalue weighted by molar-refractivity contribution is 14.1. The number of nitrogen functional groups attached to an aromatic ring is 1. The molecule has 0 radical (unpaired) electrons. The molecule has 0 amide bonds. The van der Waals surface area contributed by atoms with E-state index in [0.29, 0.717) is 23.6 Å². The van der Waals surface area contributed by atoms with Crippen molar-refractivity contribution >= 4 is 28.3 Å². The highest BCUT2D eigenvalue weighted by atomic mass is 127. The number of rotatable bonds is 3. The van der Waals surface area contributed by atoms with Crippen LogP contribution in [0.3, 0.4) is 0 Å². The molecule has 0 aromatic heterocycles. The summed E-state index contributed by atoms with van der Waals surface area (Å²) >= 11 is 2.13. The van der Waals surface area contributed by atoms with Gasteiger partial charge < -0.3 is 10.5 Å². The predicted molar refractivity (Wildman–Crippen MR) is 88.5 cm³/mol. The minimum absolute atomic E-state index is 0.467. The molecule has 2 aromatic carbocycles. The molecule has 20 heavy (non-hydrogen) atoms. The van der Waals surface area contributed by atoms with E-state index < -0.39 is 0 Å². The van der Waals surface area contributed by atoms with Gasteiger partial charge in [-0.1, -0.05) is 29.3 Å². The van der Waals surface area contributed by atoms with Crippen LogP contribution in [0.15, 0.2) is 30.3 Å². The monoisotopic (exact) mass is 378 g/mol. The van der Waals surface area contributed by atoms with E-state index in [2.05, 4.69) is 60.7 Å². The van der Waals surface area contributed by atoms with Gasteiger partial charge in [0.25, 0.3) is 0 Å². The quantitative estimate of drug-likeness (QED) is 0.650. The Kier molecular flexibility index (Phi) is 4.50. The van der Waals surface area contributed by atoms with Gasteiger partial charge >= 0.3 is 0 Å². The molecule has 2 rings (SSSR count). The molecule has 0 spiro atoms. The van der Waals surface area contributed by atoms with E-state index in [1.807, 2.05) is 0 Å². The van der Waals surface area contributed by atoms with Gasteiger partial charge in [0.2, 0.25) is 0 Å². The Morgan fingerprint density at radius 3 is 2.35 bits per heavy atom. The number of aryl methyl sites for hydroxylation is 2. The van der Waals surface area contributed by atoms with Crippen molar-refractivity contribution in [3.8, 4) is 11.8 Å². The molecule has 0 bridgehead atoms. The summed E-state index contributed by atoms with van der Waals surface area (Å²) in [5.41, 5.74) is 10.5. The van der Waals surface area contributed by atoms with Crippen molar-refractivity contribution in [2.75, 3.05) is 5.73 Å². The summed E-state index contributed by atoms with van der Waals surface area (Å²) in [6, 6.07) is 11.8. The molecule has 2 aromatic rings. The van der Waals surface area contributed by atoms with Crippen LogP contribution in [0, 0.1) is 28.7 Å². The number of ether oxygens (including phenoxy) is 1. The van der Waals surface area contributed by atoms with Crippen molar-refractivity contribution in [3.63, 3.8) is 0 Å². The summed E-state index contributed by atoms with van der Waals surface area (Å²) in [6.45, 7) is 4.60. The lowest BCUT2D eigenvalue weighted by Gasteiger charge is -2.12. The summed E-state index contributed by atoms with van der Waals surface area (Å²) in [5.74, 6) is 0.642. The number of nitriles is 1. The zero-order valence-electron chi connectivity index (χ0n) is 11.4. The highest BCUT2D eigenvalue weighted by Crippen LogP contribution is 2.30. The minimum Gasteiger partial charge on any atom is -0.486 e. The Morgan fingerprint density at radius 1 is 1.15 bits per heavy atom. The zero-order chi connectivity index (χ0) is 14.7. The molecule has 0 heterocycles. The molecule has 0 unspecified atom stereocenters. The van der Waals surface area contributed by atoms with Crippen LogP contribution < -0.4 is 10.5 Å². The molecular formula is C16H15IN2O. The number of nitrogens with zero attached hydrogens (tertiary/aromatic N) is 1. The lowest BCUT2D eigenvalue weighted by molar-refractivity contribution is 0.305. The molecule has 0 atom stereocenters. The lowest BCUT2D eigenvalue weighted by atomic mass is 10.1. The van der Waals surface area contributed by atoms with Crippen molar-refractivity contribution in [2.45, 2.75) is 20.5 Å². The van der Waals surface area contributed by atoms with Gasteiger partial charge in [-0.3, -0.25) is 0 Å². The van der Waals surface area contributed by atoms with Crippen molar-refractivity contribution in [2.24, 2.45) is 0 Å². The van der Waals surface area contributed by atoms with E-state index in [9.17, 15) is 0 Å². The number of hydrogen-bond donors (Lipinski definition) is 1. The number of nitrogens with two attached hydrogens (primary N) is 1. The first kappa shape index (κ1) is 14.7. The van der Waals surface area contributed by atoms with Crippen LogP contribution in [0.2, 0.25) is 0 Å². The second-order valence-electron chi connectivity index (χ2n) is 4.77. The Morgan fingerprint density at radius 2 is 1.80 bits per heavy atom. The van der Waals surface area contributed by atoms with Crippen molar-refractivity contribution < 1.29 is 4.74 Å². The van der Waals surface area contributed by atoms with E-state index in [1.54, 1.807) is 12.1 Å². The van der Waals surface area contributed by atoms with E-state index in [1.165, 1.54) is 11.1 Å². The largest absolute Gasteiger partial charge is 0.486 e. The van der Waals surface area contributed by atoms with Crippen LogP contribution in [0.5, 0.6) is 5.75 Å². The minimum atomic E-state index is 0.467. The molecule has 0 aliphatic rings. The predicted octanol–water partition coefficient (Wildman–Crippen LogP) is 3.94. The summed E-state index contributed by atoms with van der Waals surface area (Å²) in [4.78, 5) is 0. The maximum absolute atomic E-state index is 8.90. The van der Waals surface area contributed by atoms with Crippen molar-refractivity contribution in [1.29, 1.82) is 5.26 Å². The smallest absolute Gasteiger partial charge is 0.156 e. The van der Waals surface area contributed by atoms with Crippen molar-refractivity contribution in [3.05, 3.63) is 56.2 Å². The summed E-state index contributed by atoms with van der Waals surface area (Å²) in [7, 11) is 0. The molecule has 2 N–H and O–H groups in total. The molecule has 0 aliphatic carbocycles. The maximum atomic E-state index is 8.90. The van der Waals surface area contributed by atoms with E-state index >= 15 is 0 Å². The second kappa shape index (κ2) is 6.14. The van der Waals surface area contributed by atoms with Crippen LogP contribution in [0.25, 0.3) is 0 Å². The fourth-order valence-corrected chi connectivity index (χ4v) is 2.94. The van der Waals surface area contributed by atoms with Gasteiger partial charge in [0.15, 0.2) is 5.75 Å². The normalized spacial score (nSPS) is 10.1. The maximum Gasteiger partial charge on any atom is 0.156 e. The number of anilines is 1. The van der Waals surface area contributed by atoms with Crippen LogP contribution in [-0.2, 0) is 6.61 Å².